The largest absolute Gasteiger partial charge is 0.377 e. The van der Waals surface area contributed by atoms with E-state index in [0.29, 0.717) is 43.3 Å². The number of ether oxygens (including phenoxy) is 1. The van der Waals surface area contributed by atoms with Crippen LogP contribution in [0.3, 0.4) is 0 Å². The van der Waals surface area contributed by atoms with Gasteiger partial charge in [0.2, 0.25) is 12.2 Å². The predicted molar refractivity (Wildman–Crippen MR) is 110 cm³/mol. The van der Waals surface area contributed by atoms with Crippen LogP contribution in [0.4, 0.5) is 0 Å². The molecule has 0 radical (unpaired) electrons. The van der Waals surface area contributed by atoms with Crippen molar-refractivity contribution in [1.82, 2.24) is 30.0 Å². The first-order valence-corrected chi connectivity index (χ1v) is 10.00. The van der Waals surface area contributed by atoms with Crippen molar-refractivity contribution >= 4 is 5.91 Å². The number of nitrogens with zero attached hydrogens (tertiary/aromatic N) is 6. The molecular formula is C22H20N6O3. The van der Waals surface area contributed by atoms with E-state index in [1.165, 1.54) is 11.2 Å². The Kier molecular flexibility index (Phi) is 5.24. The van der Waals surface area contributed by atoms with Crippen LogP contribution in [0.15, 0.2) is 71.8 Å². The van der Waals surface area contributed by atoms with E-state index in [-0.39, 0.29) is 11.9 Å². The molecule has 9 nitrogen and oxygen atoms in total. The zero-order chi connectivity index (χ0) is 21.0. The standard InChI is InChI=1S/C22H20N6O3/c29-22(19-6-1-2-7-20(19)28-24-8-9-25-28)27-10-11-30-14-18(27)13-16-4-3-5-17(12-16)21-23-15-31-26-21/h1-9,12,15,18H,10-11,13-14H2. The number of carbonyl (C=O) groups excluding carboxylic acids is 1. The van der Waals surface area contributed by atoms with Crippen molar-refractivity contribution < 1.29 is 14.1 Å². The van der Waals surface area contributed by atoms with Crippen molar-refractivity contribution in [2.45, 2.75) is 12.5 Å². The third-order valence-electron chi connectivity index (χ3n) is 5.27. The van der Waals surface area contributed by atoms with E-state index in [4.69, 9.17) is 9.26 Å². The van der Waals surface area contributed by atoms with Gasteiger partial charge in [-0.25, -0.2) is 0 Å². The zero-order valence-corrected chi connectivity index (χ0v) is 16.7. The summed E-state index contributed by atoms with van der Waals surface area (Å²) < 4.78 is 10.6. The smallest absolute Gasteiger partial charge is 0.256 e. The van der Waals surface area contributed by atoms with E-state index in [2.05, 4.69) is 20.3 Å². The number of aromatic nitrogens is 5. The Morgan fingerprint density at radius 2 is 1.97 bits per heavy atom. The average molecular weight is 416 g/mol. The highest BCUT2D eigenvalue weighted by Gasteiger charge is 2.30. The first-order chi connectivity index (χ1) is 15.3. The third kappa shape index (κ3) is 3.95. The van der Waals surface area contributed by atoms with Crippen LogP contribution in [0.1, 0.15) is 15.9 Å². The van der Waals surface area contributed by atoms with Crippen molar-refractivity contribution in [1.29, 1.82) is 0 Å². The highest BCUT2D eigenvalue weighted by atomic mass is 16.5. The molecule has 3 heterocycles. The molecule has 31 heavy (non-hydrogen) atoms. The number of hydrogen-bond donors (Lipinski definition) is 0. The number of para-hydroxylation sites is 1. The number of carbonyl (C=O) groups is 1. The Balaban J connectivity index is 1.41. The molecule has 1 unspecified atom stereocenters. The van der Waals surface area contributed by atoms with Crippen LogP contribution in [0, 0.1) is 0 Å². The summed E-state index contributed by atoms with van der Waals surface area (Å²) >= 11 is 0. The minimum Gasteiger partial charge on any atom is -0.377 e. The number of amides is 1. The molecule has 2 aromatic heterocycles. The first-order valence-electron chi connectivity index (χ1n) is 10.00. The second kappa shape index (κ2) is 8.49. The maximum absolute atomic E-state index is 13.5. The molecule has 4 aromatic rings. The molecule has 1 aliphatic rings. The molecular weight excluding hydrogens is 396 g/mol. The molecule has 1 atom stereocenters. The van der Waals surface area contributed by atoms with Crippen molar-refractivity contribution in [3.05, 3.63) is 78.4 Å². The summed E-state index contributed by atoms with van der Waals surface area (Å²) in [5, 5.41) is 12.3. The lowest BCUT2D eigenvalue weighted by atomic mass is 10.0. The minimum absolute atomic E-state index is 0.0597. The Bertz CT molecular complexity index is 1160. The van der Waals surface area contributed by atoms with Crippen molar-refractivity contribution in [3.8, 4) is 17.1 Å². The maximum Gasteiger partial charge on any atom is 0.256 e. The summed E-state index contributed by atoms with van der Waals surface area (Å²) in [6.07, 6.45) is 5.15. The molecule has 9 heteroatoms. The summed E-state index contributed by atoms with van der Waals surface area (Å²) in [4.78, 5) is 21.0. The fourth-order valence-corrected chi connectivity index (χ4v) is 3.82. The molecule has 156 valence electrons. The van der Waals surface area contributed by atoms with Crippen LogP contribution in [0.25, 0.3) is 17.1 Å². The summed E-state index contributed by atoms with van der Waals surface area (Å²) in [6.45, 7) is 1.50. The fourth-order valence-electron chi connectivity index (χ4n) is 3.82. The van der Waals surface area contributed by atoms with Crippen LogP contribution in [-0.2, 0) is 11.2 Å². The van der Waals surface area contributed by atoms with E-state index in [0.717, 1.165) is 11.1 Å². The molecule has 0 N–H and O–H groups in total. The van der Waals surface area contributed by atoms with Gasteiger partial charge in [-0.3, -0.25) is 4.79 Å². The Morgan fingerprint density at radius 3 is 2.81 bits per heavy atom. The van der Waals surface area contributed by atoms with Crippen LogP contribution in [-0.4, -0.2) is 61.7 Å². The molecule has 0 aliphatic carbocycles. The first kappa shape index (κ1) is 19.1. The van der Waals surface area contributed by atoms with Gasteiger partial charge in [0, 0.05) is 12.1 Å². The van der Waals surface area contributed by atoms with Crippen LogP contribution >= 0.6 is 0 Å². The van der Waals surface area contributed by atoms with Gasteiger partial charge in [-0.2, -0.15) is 20.0 Å². The fraction of sp³-hybridized carbons (Fsp3) is 0.227. The van der Waals surface area contributed by atoms with Crippen LogP contribution in [0.5, 0.6) is 0 Å². The van der Waals surface area contributed by atoms with Crippen molar-refractivity contribution in [2.75, 3.05) is 19.8 Å². The van der Waals surface area contributed by atoms with Gasteiger partial charge in [0.25, 0.3) is 5.91 Å². The monoisotopic (exact) mass is 416 g/mol. The number of benzene rings is 2. The number of rotatable bonds is 5. The van der Waals surface area contributed by atoms with Gasteiger partial charge in [-0.15, -0.1) is 0 Å². The normalized spacial score (nSPS) is 16.4. The number of morpholine rings is 1. The quantitative estimate of drug-likeness (QED) is 0.493. The molecule has 1 saturated heterocycles. The summed E-state index contributed by atoms with van der Waals surface area (Å²) in [6, 6.07) is 15.2. The van der Waals surface area contributed by atoms with Gasteiger partial charge >= 0.3 is 0 Å². The van der Waals surface area contributed by atoms with Gasteiger partial charge in [0.15, 0.2) is 0 Å². The Labute approximate surface area is 178 Å². The van der Waals surface area contributed by atoms with Gasteiger partial charge in [-0.1, -0.05) is 35.5 Å². The van der Waals surface area contributed by atoms with Gasteiger partial charge in [0.05, 0.1) is 42.9 Å². The highest BCUT2D eigenvalue weighted by Crippen LogP contribution is 2.22. The molecule has 1 aliphatic heterocycles. The lowest BCUT2D eigenvalue weighted by Gasteiger charge is -2.36. The lowest BCUT2D eigenvalue weighted by Crippen LogP contribution is -2.50. The average Bonchev–Trinajstić information content (AvgIpc) is 3.54. The lowest BCUT2D eigenvalue weighted by molar-refractivity contribution is -0.00164. The van der Waals surface area contributed by atoms with Crippen LogP contribution in [0.2, 0.25) is 0 Å². The van der Waals surface area contributed by atoms with Gasteiger partial charge in [-0.05, 0) is 30.2 Å². The minimum atomic E-state index is -0.0968. The summed E-state index contributed by atoms with van der Waals surface area (Å²) in [7, 11) is 0. The van der Waals surface area contributed by atoms with E-state index >= 15 is 0 Å². The zero-order valence-electron chi connectivity index (χ0n) is 16.7. The molecule has 0 saturated carbocycles. The Hall–Kier alpha value is -3.85. The van der Waals surface area contributed by atoms with E-state index in [1.807, 2.05) is 53.4 Å². The molecule has 0 bridgehead atoms. The second-order valence-corrected chi connectivity index (χ2v) is 7.22. The molecule has 0 spiro atoms. The van der Waals surface area contributed by atoms with Crippen LogP contribution < -0.4 is 0 Å². The molecule has 5 rings (SSSR count). The highest BCUT2D eigenvalue weighted by molar-refractivity contribution is 5.98. The van der Waals surface area contributed by atoms with Gasteiger partial charge < -0.3 is 14.2 Å². The number of hydrogen-bond acceptors (Lipinski definition) is 7. The summed E-state index contributed by atoms with van der Waals surface area (Å²) in [5.74, 6) is 0.478. The van der Waals surface area contributed by atoms with Crippen molar-refractivity contribution in [3.63, 3.8) is 0 Å². The molecule has 2 aromatic carbocycles. The SMILES string of the molecule is O=C(c1ccccc1-n1nccn1)N1CCOCC1Cc1cccc(-c2ncon2)c1. The topological polar surface area (TPSA) is 99.2 Å². The third-order valence-corrected chi connectivity index (χ3v) is 5.27. The van der Waals surface area contributed by atoms with Crippen molar-refractivity contribution in [2.24, 2.45) is 0 Å². The van der Waals surface area contributed by atoms with E-state index < -0.39 is 0 Å². The van der Waals surface area contributed by atoms with E-state index in [1.54, 1.807) is 12.4 Å². The molecule has 1 fully saturated rings. The predicted octanol–water partition coefficient (Wildman–Crippen LogP) is 2.40. The Morgan fingerprint density at radius 1 is 1.10 bits per heavy atom. The van der Waals surface area contributed by atoms with Gasteiger partial charge in [0.1, 0.15) is 0 Å². The molecule has 1 amide bonds. The maximum atomic E-state index is 13.5. The van der Waals surface area contributed by atoms with E-state index in [9.17, 15) is 4.79 Å². The summed E-state index contributed by atoms with van der Waals surface area (Å²) in [5.41, 5.74) is 3.15. The second-order valence-electron chi connectivity index (χ2n) is 7.22.